The number of para-hydroxylation sites is 1. The third kappa shape index (κ3) is 3.76. The largest absolute Gasteiger partial charge is 0.507 e. The SMILES string of the molecule is N#Cc1ccccc1O.Oc1ccc(F)cc1F. The van der Waals surface area contributed by atoms with Crippen molar-refractivity contribution >= 4 is 0 Å². The van der Waals surface area contributed by atoms with E-state index in [0.717, 1.165) is 12.1 Å². The molecule has 2 rings (SSSR count). The van der Waals surface area contributed by atoms with Crippen molar-refractivity contribution < 1.29 is 19.0 Å². The number of benzene rings is 2. The Labute approximate surface area is 102 Å². The molecule has 2 N–H and O–H groups in total. The zero-order valence-electron chi connectivity index (χ0n) is 9.14. The standard InChI is InChI=1S/C7H5NO.C6H4F2O/c8-5-6-3-1-2-4-7(6)9;7-4-1-2-6(9)5(8)3-4/h1-4,9H;1-3,9H. The van der Waals surface area contributed by atoms with E-state index in [0.29, 0.717) is 11.6 Å². The van der Waals surface area contributed by atoms with Gasteiger partial charge < -0.3 is 10.2 Å². The van der Waals surface area contributed by atoms with Crippen LogP contribution in [0.15, 0.2) is 42.5 Å². The highest BCUT2D eigenvalue weighted by molar-refractivity contribution is 5.41. The summed E-state index contributed by atoms with van der Waals surface area (Å²) in [5, 5.41) is 25.7. The third-order valence-electron chi connectivity index (χ3n) is 1.93. The van der Waals surface area contributed by atoms with Gasteiger partial charge in [0.15, 0.2) is 11.6 Å². The first kappa shape index (κ1) is 13.5. The lowest BCUT2D eigenvalue weighted by Gasteiger charge is -1.91. The van der Waals surface area contributed by atoms with Gasteiger partial charge in [-0.3, -0.25) is 0 Å². The molecule has 0 aliphatic heterocycles. The molecule has 0 spiro atoms. The smallest absolute Gasteiger partial charge is 0.167 e. The van der Waals surface area contributed by atoms with Crippen LogP contribution in [0.4, 0.5) is 8.78 Å². The molecule has 0 fully saturated rings. The molecule has 0 aliphatic carbocycles. The maximum absolute atomic E-state index is 12.1. The molecule has 0 saturated carbocycles. The fourth-order valence-electron chi connectivity index (χ4n) is 1.05. The van der Waals surface area contributed by atoms with Crippen molar-refractivity contribution in [2.24, 2.45) is 0 Å². The monoisotopic (exact) mass is 249 g/mol. The van der Waals surface area contributed by atoms with Gasteiger partial charge in [-0.1, -0.05) is 12.1 Å². The molecule has 0 aliphatic rings. The molecule has 92 valence electrons. The molecule has 0 saturated heterocycles. The first-order valence-corrected chi connectivity index (χ1v) is 4.86. The van der Waals surface area contributed by atoms with Crippen LogP contribution in [0.25, 0.3) is 0 Å². The number of hydrogen-bond acceptors (Lipinski definition) is 3. The first-order chi connectivity index (χ1) is 8.54. The molecule has 0 atom stereocenters. The van der Waals surface area contributed by atoms with Crippen LogP contribution in [0, 0.1) is 23.0 Å². The van der Waals surface area contributed by atoms with Crippen LogP contribution in [0.5, 0.6) is 11.5 Å². The molecule has 2 aromatic carbocycles. The van der Waals surface area contributed by atoms with Crippen LogP contribution in [-0.2, 0) is 0 Å². The fourth-order valence-corrected chi connectivity index (χ4v) is 1.05. The van der Waals surface area contributed by atoms with Crippen molar-refractivity contribution in [2.75, 3.05) is 0 Å². The van der Waals surface area contributed by atoms with Gasteiger partial charge in [-0.25, -0.2) is 8.78 Å². The average Bonchev–Trinajstić information content (AvgIpc) is 2.36. The van der Waals surface area contributed by atoms with Gasteiger partial charge >= 0.3 is 0 Å². The number of nitrogens with zero attached hydrogens (tertiary/aromatic N) is 1. The highest BCUT2D eigenvalue weighted by Gasteiger charge is 1.98. The minimum atomic E-state index is -0.935. The lowest BCUT2D eigenvalue weighted by molar-refractivity contribution is 0.428. The number of halogens is 2. The molecule has 0 amide bonds. The molecular formula is C13H9F2NO2. The van der Waals surface area contributed by atoms with Gasteiger partial charge in [0.2, 0.25) is 0 Å². The van der Waals surface area contributed by atoms with Gasteiger partial charge in [0.1, 0.15) is 17.6 Å². The zero-order valence-corrected chi connectivity index (χ0v) is 9.14. The maximum atomic E-state index is 12.1. The van der Waals surface area contributed by atoms with Crippen LogP contribution < -0.4 is 0 Å². The lowest BCUT2D eigenvalue weighted by atomic mass is 10.2. The second kappa shape index (κ2) is 6.21. The van der Waals surface area contributed by atoms with E-state index in [4.69, 9.17) is 15.5 Å². The van der Waals surface area contributed by atoms with Gasteiger partial charge in [-0.15, -0.1) is 0 Å². The van der Waals surface area contributed by atoms with E-state index in [1.54, 1.807) is 18.2 Å². The van der Waals surface area contributed by atoms with Gasteiger partial charge in [-0.05, 0) is 24.3 Å². The zero-order chi connectivity index (χ0) is 13.5. The molecule has 3 nitrogen and oxygen atoms in total. The molecule has 18 heavy (non-hydrogen) atoms. The maximum Gasteiger partial charge on any atom is 0.167 e. The third-order valence-corrected chi connectivity index (χ3v) is 1.93. The summed E-state index contributed by atoms with van der Waals surface area (Å²) in [4.78, 5) is 0. The number of nitriles is 1. The number of phenols is 2. The number of aromatic hydroxyl groups is 2. The van der Waals surface area contributed by atoms with Crippen molar-refractivity contribution in [3.63, 3.8) is 0 Å². The minimum absolute atomic E-state index is 0.0417. The van der Waals surface area contributed by atoms with E-state index in [-0.39, 0.29) is 5.75 Å². The van der Waals surface area contributed by atoms with E-state index >= 15 is 0 Å². The van der Waals surface area contributed by atoms with Crippen LogP contribution >= 0.6 is 0 Å². The second-order valence-corrected chi connectivity index (χ2v) is 3.22. The topological polar surface area (TPSA) is 64.2 Å². The summed E-state index contributed by atoms with van der Waals surface area (Å²) in [6.07, 6.45) is 0. The summed E-state index contributed by atoms with van der Waals surface area (Å²) in [6.45, 7) is 0. The van der Waals surface area contributed by atoms with Crippen molar-refractivity contribution in [2.45, 2.75) is 0 Å². The van der Waals surface area contributed by atoms with E-state index < -0.39 is 17.4 Å². The lowest BCUT2D eigenvalue weighted by Crippen LogP contribution is -1.77. The van der Waals surface area contributed by atoms with Crippen LogP contribution in [0.3, 0.4) is 0 Å². The number of phenolic OH excluding ortho intramolecular Hbond substituents is 2. The van der Waals surface area contributed by atoms with Crippen molar-refractivity contribution in [3.05, 3.63) is 59.7 Å². The molecule has 2 aromatic rings. The van der Waals surface area contributed by atoms with Crippen molar-refractivity contribution in [3.8, 4) is 17.6 Å². The summed E-state index contributed by atoms with van der Waals surface area (Å²) in [5.74, 6) is -2.11. The van der Waals surface area contributed by atoms with E-state index in [9.17, 15) is 8.78 Å². The Bertz CT molecular complexity index is 579. The van der Waals surface area contributed by atoms with Gasteiger partial charge in [0.25, 0.3) is 0 Å². The predicted octanol–water partition coefficient (Wildman–Crippen LogP) is 2.93. The Kier molecular flexibility index (Phi) is 4.64. The van der Waals surface area contributed by atoms with E-state index in [1.807, 2.05) is 6.07 Å². The fraction of sp³-hybridized carbons (Fsp3) is 0. The van der Waals surface area contributed by atoms with Crippen LogP contribution in [0.1, 0.15) is 5.56 Å². The Hall–Kier alpha value is -2.61. The summed E-state index contributed by atoms with van der Waals surface area (Å²) in [6, 6.07) is 10.8. The van der Waals surface area contributed by atoms with Crippen LogP contribution in [-0.4, -0.2) is 10.2 Å². The van der Waals surface area contributed by atoms with Crippen LogP contribution in [0.2, 0.25) is 0 Å². The molecule has 0 aromatic heterocycles. The van der Waals surface area contributed by atoms with Crippen molar-refractivity contribution in [1.82, 2.24) is 0 Å². The van der Waals surface area contributed by atoms with Crippen molar-refractivity contribution in [1.29, 1.82) is 5.26 Å². The van der Waals surface area contributed by atoms with Gasteiger partial charge in [-0.2, -0.15) is 5.26 Å². The summed E-state index contributed by atoms with van der Waals surface area (Å²) < 4.78 is 24.1. The average molecular weight is 249 g/mol. The Morgan fingerprint density at radius 2 is 1.61 bits per heavy atom. The summed E-state index contributed by atoms with van der Waals surface area (Å²) >= 11 is 0. The Balaban J connectivity index is 0.000000180. The Morgan fingerprint density at radius 3 is 2.06 bits per heavy atom. The molecule has 0 unspecified atom stereocenters. The van der Waals surface area contributed by atoms with Gasteiger partial charge in [0, 0.05) is 6.07 Å². The summed E-state index contributed by atoms with van der Waals surface area (Å²) in [7, 11) is 0. The first-order valence-electron chi connectivity index (χ1n) is 4.86. The predicted molar refractivity (Wildman–Crippen MR) is 60.8 cm³/mol. The highest BCUT2D eigenvalue weighted by atomic mass is 19.1. The normalized spacial score (nSPS) is 8.94. The minimum Gasteiger partial charge on any atom is -0.507 e. The molecule has 0 bridgehead atoms. The number of hydrogen-bond donors (Lipinski definition) is 2. The number of rotatable bonds is 0. The molecular weight excluding hydrogens is 240 g/mol. The van der Waals surface area contributed by atoms with E-state index in [1.165, 1.54) is 6.07 Å². The second-order valence-electron chi connectivity index (χ2n) is 3.22. The quantitative estimate of drug-likeness (QED) is 0.754. The summed E-state index contributed by atoms with van der Waals surface area (Å²) in [5.41, 5.74) is 0.317. The molecule has 0 radical (unpaired) electrons. The highest BCUT2D eigenvalue weighted by Crippen LogP contribution is 2.14. The van der Waals surface area contributed by atoms with Gasteiger partial charge in [0.05, 0.1) is 5.56 Å². The van der Waals surface area contributed by atoms with E-state index in [2.05, 4.69) is 0 Å². The molecule has 5 heteroatoms. The molecule has 0 heterocycles. The Morgan fingerprint density at radius 1 is 0.944 bits per heavy atom.